The van der Waals surface area contributed by atoms with Gasteiger partial charge in [0.1, 0.15) is 5.75 Å². The number of aryl methyl sites for hydroxylation is 2. The van der Waals surface area contributed by atoms with Gasteiger partial charge in [-0.1, -0.05) is 15.9 Å². The van der Waals surface area contributed by atoms with Crippen LogP contribution in [0.1, 0.15) is 11.3 Å². The number of halogens is 1. The fourth-order valence-electron chi connectivity index (χ4n) is 1.60. The summed E-state index contributed by atoms with van der Waals surface area (Å²) >= 11 is 3.41. The molecule has 0 radical (unpaired) electrons. The Morgan fingerprint density at radius 2 is 2.18 bits per heavy atom. The van der Waals surface area contributed by atoms with Gasteiger partial charge in [0.25, 0.3) is 0 Å². The fraction of sp³-hybridized carbons (Fsp3) is 0.250. The number of hydrogen-bond donors (Lipinski definition) is 1. The van der Waals surface area contributed by atoms with Crippen LogP contribution >= 0.6 is 15.9 Å². The average molecular weight is 296 g/mol. The summed E-state index contributed by atoms with van der Waals surface area (Å²) in [7, 11) is 1.85. The van der Waals surface area contributed by atoms with E-state index in [1.165, 1.54) is 0 Å². The number of hydrogen-bond acceptors (Lipinski definition) is 3. The van der Waals surface area contributed by atoms with E-state index in [1.807, 2.05) is 38.2 Å². The molecule has 0 amide bonds. The zero-order chi connectivity index (χ0) is 12.4. The highest BCUT2D eigenvalue weighted by Crippen LogP contribution is 2.27. The molecule has 4 nitrogen and oxygen atoms in total. The molecule has 0 unspecified atom stereocenters. The Balaban J connectivity index is 2.32. The predicted octanol–water partition coefficient (Wildman–Crippen LogP) is 2.74. The Kier molecular flexibility index (Phi) is 3.49. The maximum absolute atomic E-state index is 5.81. The van der Waals surface area contributed by atoms with Crippen LogP contribution in [0.3, 0.4) is 0 Å². The molecule has 1 aromatic carbocycles. The first kappa shape index (κ1) is 12.1. The van der Waals surface area contributed by atoms with Gasteiger partial charge in [-0.05, 0) is 25.1 Å². The van der Waals surface area contributed by atoms with E-state index >= 15 is 0 Å². The molecule has 5 heteroatoms. The van der Waals surface area contributed by atoms with Crippen LogP contribution in [0.15, 0.2) is 28.7 Å². The third-order valence-corrected chi connectivity index (χ3v) is 2.91. The number of aromatic nitrogens is 2. The number of nitrogens with zero attached hydrogens (tertiary/aromatic N) is 2. The van der Waals surface area contributed by atoms with E-state index < -0.39 is 0 Å². The van der Waals surface area contributed by atoms with Gasteiger partial charge in [-0.15, -0.1) is 0 Å². The van der Waals surface area contributed by atoms with Crippen molar-refractivity contribution in [3.63, 3.8) is 0 Å². The van der Waals surface area contributed by atoms with Crippen molar-refractivity contribution < 1.29 is 4.74 Å². The smallest absolute Gasteiger partial charge is 0.217 e. The lowest BCUT2D eigenvalue weighted by Crippen LogP contribution is -2.01. The molecule has 2 aromatic rings. The van der Waals surface area contributed by atoms with Crippen molar-refractivity contribution in [1.29, 1.82) is 0 Å². The largest absolute Gasteiger partial charge is 0.439 e. The summed E-state index contributed by atoms with van der Waals surface area (Å²) in [6.45, 7) is 2.36. The minimum absolute atomic E-state index is 0.436. The van der Waals surface area contributed by atoms with Crippen LogP contribution < -0.4 is 10.5 Å². The quantitative estimate of drug-likeness (QED) is 0.947. The van der Waals surface area contributed by atoms with Gasteiger partial charge in [0.05, 0.1) is 5.69 Å². The van der Waals surface area contributed by atoms with Crippen molar-refractivity contribution in [2.24, 2.45) is 12.8 Å². The molecule has 17 heavy (non-hydrogen) atoms. The molecular weight excluding hydrogens is 282 g/mol. The van der Waals surface area contributed by atoms with E-state index in [4.69, 9.17) is 10.5 Å². The van der Waals surface area contributed by atoms with Crippen LogP contribution in [-0.4, -0.2) is 9.78 Å². The molecule has 0 bridgehead atoms. The van der Waals surface area contributed by atoms with Gasteiger partial charge in [-0.2, -0.15) is 5.10 Å². The van der Waals surface area contributed by atoms with Crippen molar-refractivity contribution in [2.45, 2.75) is 13.5 Å². The highest BCUT2D eigenvalue weighted by atomic mass is 79.9. The minimum Gasteiger partial charge on any atom is -0.439 e. The normalized spacial score (nSPS) is 10.6. The van der Waals surface area contributed by atoms with E-state index in [9.17, 15) is 0 Å². The van der Waals surface area contributed by atoms with Gasteiger partial charge in [0.2, 0.25) is 5.88 Å². The molecule has 0 saturated carbocycles. The van der Waals surface area contributed by atoms with E-state index in [-0.39, 0.29) is 0 Å². The Morgan fingerprint density at radius 1 is 1.41 bits per heavy atom. The summed E-state index contributed by atoms with van der Waals surface area (Å²) in [6, 6.07) is 7.67. The van der Waals surface area contributed by atoms with Crippen LogP contribution in [0.25, 0.3) is 0 Å². The SMILES string of the molecule is Cc1cc(Oc2ccc(Br)cc2CN)n(C)n1. The molecule has 90 valence electrons. The third kappa shape index (κ3) is 2.68. The first-order valence-corrected chi connectivity index (χ1v) is 6.06. The molecule has 1 heterocycles. The minimum atomic E-state index is 0.436. The molecule has 0 aliphatic carbocycles. The first-order chi connectivity index (χ1) is 8.10. The molecule has 2 rings (SSSR count). The second-order valence-corrected chi connectivity index (χ2v) is 4.72. The standard InChI is InChI=1S/C12H14BrN3O/c1-8-5-12(16(2)15-8)17-11-4-3-10(13)6-9(11)7-14/h3-6H,7,14H2,1-2H3. The van der Waals surface area contributed by atoms with E-state index in [1.54, 1.807) is 4.68 Å². The summed E-state index contributed by atoms with van der Waals surface area (Å²) in [5.41, 5.74) is 7.57. The zero-order valence-corrected chi connectivity index (χ0v) is 11.4. The highest BCUT2D eigenvalue weighted by Gasteiger charge is 2.08. The topological polar surface area (TPSA) is 53.1 Å². The summed E-state index contributed by atoms with van der Waals surface area (Å²) in [4.78, 5) is 0. The summed E-state index contributed by atoms with van der Waals surface area (Å²) in [5.74, 6) is 1.47. The molecule has 0 saturated heterocycles. The third-order valence-electron chi connectivity index (χ3n) is 2.42. The maximum Gasteiger partial charge on any atom is 0.217 e. The Bertz CT molecular complexity index is 537. The summed E-state index contributed by atoms with van der Waals surface area (Å²) < 4.78 is 8.50. The van der Waals surface area contributed by atoms with Crippen LogP contribution in [0.4, 0.5) is 0 Å². The lowest BCUT2D eigenvalue weighted by Gasteiger charge is -2.10. The Morgan fingerprint density at radius 3 is 2.76 bits per heavy atom. The molecule has 0 atom stereocenters. The van der Waals surface area contributed by atoms with Crippen LogP contribution in [0.5, 0.6) is 11.6 Å². The van der Waals surface area contributed by atoms with Crippen LogP contribution in [0, 0.1) is 6.92 Å². The molecule has 0 aliphatic rings. The monoisotopic (exact) mass is 295 g/mol. The first-order valence-electron chi connectivity index (χ1n) is 5.27. The predicted molar refractivity (Wildman–Crippen MR) is 70.1 cm³/mol. The number of ether oxygens (including phenoxy) is 1. The van der Waals surface area contributed by atoms with E-state index in [0.717, 1.165) is 21.5 Å². The highest BCUT2D eigenvalue weighted by molar-refractivity contribution is 9.10. The Hall–Kier alpha value is -1.33. The van der Waals surface area contributed by atoms with Crippen molar-refractivity contribution >= 4 is 15.9 Å². The molecule has 0 spiro atoms. The number of rotatable bonds is 3. The van der Waals surface area contributed by atoms with E-state index in [0.29, 0.717) is 12.4 Å². The van der Waals surface area contributed by atoms with Crippen LogP contribution in [-0.2, 0) is 13.6 Å². The maximum atomic E-state index is 5.81. The fourth-order valence-corrected chi connectivity index (χ4v) is 2.01. The van der Waals surface area contributed by atoms with Crippen molar-refractivity contribution in [3.05, 3.63) is 40.0 Å². The zero-order valence-electron chi connectivity index (χ0n) is 9.77. The van der Waals surface area contributed by atoms with E-state index in [2.05, 4.69) is 21.0 Å². The second kappa shape index (κ2) is 4.89. The van der Waals surface area contributed by atoms with Gasteiger partial charge in [0.15, 0.2) is 0 Å². The van der Waals surface area contributed by atoms with Gasteiger partial charge in [0, 0.05) is 29.7 Å². The lowest BCUT2D eigenvalue weighted by atomic mass is 10.2. The molecule has 2 N–H and O–H groups in total. The van der Waals surface area contributed by atoms with Crippen molar-refractivity contribution in [1.82, 2.24) is 9.78 Å². The van der Waals surface area contributed by atoms with Gasteiger partial charge in [-0.3, -0.25) is 0 Å². The molecule has 0 aliphatic heterocycles. The van der Waals surface area contributed by atoms with Crippen LogP contribution in [0.2, 0.25) is 0 Å². The summed E-state index contributed by atoms with van der Waals surface area (Å²) in [5, 5.41) is 4.23. The summed E-state index contributed by atoms with van der Waals surface area (Å²) in [6.07, 6.45) is 0. The van der Waals surface area contributed by atoms with Gasteiger partial charge < -0.3 is 10.5 Å². The lowest BCUT2D eigenvalue weighted by molar-refractivity contribution is 0.426. The molecular formula is C12H14BrN3O. The average Bonchev–Trinajstić information content (AvgIpc) is 2.60. The molecule has 1 aromatic heterocycles. The van der Waals surface area contributed by atoms with Gasteiger partial charge in [-0.25, -0.2) is 4.68 Å². The number of benzene rings is 1. The van der Waals surface area contributed by atoms with Gasteiger partial charge >= 0.3 is 0 Å². The number of nitrogens with two attached hydrogens (primary N) is 1. The van der Waals surface area contributed by atoms with Crippen molar-refractivity contribution in [2.75, 3.05) is 0 Å². The molecule has 0 fully saturated rings. The second-order valence-electron chi connectivity index (χ2n) is 3.81. The Labute approximate surface area is 109 Å². The van der Waals surface area contributed by atoms with Crippen molar-refractivity contribution in [3.8, 4) is 11.6 Å².